The molecule has 0 bridgehead atoms. The van der Waals surface area contributed by atoms with Crippen molar-refractivity contribution in [2.75, 3.05) is 33.9 Å². The van der Waals surface area contributed by atoms with Gasteiger partial charge in [-0.15, -0.1) is 0 Å². The maximum Gasteiger partial charge on any atom is 0.417 e. The summed E-state index contributed by atoms with van der Waals surface area (Å²) in [7, 11) is 2.62. The van der Waals surface area contributed by atoms with Crippen LogP contribution in [0.4, 0.5) is 13.2 Å². The molecular formula is C16H17ClF3NO4. The topological polar surface area (TPSA) is 55.8 Å². The second kappa shape index (κ2) is 9.43. The van der Waals surface area contributed by atoms with Crippen molar-refractivity contribution in [3.8, 4) is 0 Å². The van der Waals surface area contributed by atoms with Gasteiger partial charge in [0.1, 0.15) is 6.54 Å². The predicted molar refractivity (Wildman–Crippen MR) is 86.0 cm³/mol. The van der Waals surface area contributed by atoms with E-state index in [-0.39, 0.29) is 25.3 Å². The fourth-order valence-corrected chi connectivity index (χ4v) is 2.05. The van der Waals surface area contributed by atoms with Gasteiger partial charge < -0.3 is 14.4 Å². The van der Waals surface area contributed by atoms with Gasteiger partial charge in [0.2, 0.25) is 5.91 Å². The zero-order valence-electron chi connectivity index (χ0n) is 13.6. The number of alkyl halides is 3. The lowest BCUT2D eigenvalue weighted by molar-refractivity contribution is -0.145. The van der Waals surface area contributed by atoms with Crippen LogP contribution in [0.1, 0.15) is 11.1 Å². The van der Waals surface area contributed by atoms with Crippen molar-refractivity contribution in [2.45, 2.75) is 6.18 Å². The molecule has 0 N–H and O–H groups in total. The van der Waals surface area contributed by atoms with E-state index in [1.165, 1.54) is 26.4 Å². The minimum absolute atomic E-state index is 0.128. The Labute approximate surface area is 148 Å². The average Bonchev–Trinajstić information content (AvgIpc) is 2.56. The van der Waals surface area contributed by atoms with Crippen molar-refractivity contribution in [1.82, 2.24) is 4.90 Å². The number of benzene rings is 1. The quantitative estimate of drug-likeness (QED) is 0.540. The van der Waals surface area contributed by atoms with Crippen LogP contribution in [0.15, 0.2) is 24.3 Å². The Bertz CT molecular complexity index is 647. The third-order valence-corrected chi connectivity index (χ3v) is 3.47. The summed E-state index contributed by atoms with van der Waals surface area (Å²) in [5, 5.41) is -0.427. The molecule has 1 amide bonds. The Kier molecular flexibility index (Phi) is 7.92. The number of amides is 1. The highest BCUT2D eigenvalue weighted by Crippen LogP contribution is 2.35. The molecule has 0 aliphatic rings. The van der Waals surface area contributed by atoms with Crippen LogP contribution in [0.3, 0.4) is 0 Å². The van der Waals surface area contributed by atoms with E-state index in [4.69, 9.17) is 16.3 Å². The molecule has 0 unspecified atom stereocenters. The average molecular weight is 380 g/mol. The van der Waals surface area contributed by atoms with E-state index in [2.05, 4.69) is 4.74 Å². The number of methoxy groups -OCH3 is 2. The molecule has 0 saturated carbocycles. The fraction of sp³-hybridized carbons (Fsp3) is 0.375. The Morgan fingerprint density at radius 2 is 1.96 bits per heavy atom. The van der Waals surface area contributed by atoms with E-state index in [0.29, 0.717) is 0 Å². The van der Waals surface area contributed by atoms with Crippen molar-refractivity contribution in [2.24, 2.45) is 0 Å². The second-order valence-electron chi connectivity index (χ2n) is 4.90. The van der Waals surface area contributed by atoms with Crippen molar-refractivity contribution < 1.29 is 32.2 Å². The van der Waals surface area contributed by atoms with E-state index < -0.39 is 28.6 Å². The fourth-order valence-electron chi connectivity index (χ4n) is 1.83. The number of carbonyl (C=O) groups is 2. The van der Waals surface area contributed by atoms with Crippen molar-refractivity contribution >= 4 is 29.6 Å². The van der Waals surface area contributed by atoms with Crippen LogP contribution in [-0.2, 0) is 25.2 Å². The van der Waals surface area contributed by atoms with Crippen LogP contribution in [0.5, 0.6) is 0 Å². The summed E-state index contributed by atoms with van der Waals surface area (Å²) in [6.07, 6.45) is -2.31. The first-order chi connectivity index (χ1) is 11.7. The number of halogens is 4. The molecule has 0 saturated heterocycles. The zero-order valence-corrected chi connectivity index (χ0v) is 14.4. The van der Waals surface area contributed by atoms with E-state index in [9.17, 15) is 22.8 Å². The minimum Gasteiger partial charge on any atom is -0.468 e. The molecule has 0 aliphatic carbocycles. The lowest BCUT2D eigenvalue weighted by Crippen LogP contribution is -2.37. The van der Waals surface area contributed by atoms with Crippen LogP contribution in [0.25, 0.3) is 6.08 Å². The molecule has 0 fully saturated rings. The Morgan fingerprint density at radius 3 is 2.52 bits per heavy atom. The summed E-state index contributed by atoms with van der Waals surface area (Å²) in [6.45, 7) is 0.0242. The molecule has 138 valence electrons. The molecule has 1 rings (SSSR count). The van der Waals surface area contributed by atoms with Crippen molar-refractivity contribution in [1.29, 1.82) is 0 Å². The monoisotopic (exact) mass is 379 g/mol. The van der Waals surface area contributed by atoms with E-state index in [1.54, 1.807) is 0 Å². The number of nitrogens with zero attached hydrogens (tertiary/aromatic N) is 1. The highest BCUT2D eigenvalue weighted by Gasteiger charge is 2.33. The van der Waals surface area contributed by atoms with Gasteiger partial charge in [-0.2, -0.15) is 13.2 Å². The Hall–Kier alpha value is -2.06. The molecule has 1 aromatic carbocycles. The van der Waals surface area contributed by atoms with Gasteiger partial charge >= 0.3 is 12.1 Å². The molecule has 9 heteroatoms. The van der Waals surface area contributed by atoms with E-state index >= 15 is 0 Å². The number of carbonyl (C=O) groups excluding carboxylic acids is 2. The molecule has 0 spiro atoms. The van der Waals surface area contributed by atoms with Gasteiger partial charge in [0.05, 0.1) is 24.3 Å². The molecule has 0 aliphatic heterocycles. The predicted octanol–water partition coefficient (Wildman–Crippen LogP) is 3.02. The van der Waals surface area contributed by atoms with Crippen LogP contribution in [0, 0.1) is 0 Å². The van der Waals surface area contributed by atoms with Gasteiger partial charge in [0.15, 0.2) is 0 Å². The highest BCUT2D eigenvalue weighted by atomic mass is 35.5. The lowest BCUT2D eigenvalue weighted by Gasteiger charge is -2.19. The number of hydrogen-bond donors (Lipinski definition) is 0. The van der Waals surface area contributed by atoms with Gasteiger partial charge in [0.25, 0.3) is 0 Å². The Morgan fingerprint density at radius 1 is 1.28 bits per heavy atom. The van der Waals surface area contributed by atoms with Crippen LogP contribution in [-0.4, -0.2) is 50.7 Å². The third kappa shape index (κ3) is 6.75. The first-order valence-electron chi connectivity index (χ1n) is 7.08. The van der Waals surface area contributed by atoms with Crippen molar-refractivity contribution in [3.05, 3.63) is 40.4 Å². The van der Waals surface area contributed by atoms with Crippen LogP contribution >= 0.6 is 11.6 Å². The molecule has 0 aromatic heterocycles. The first-order valence-corrected chi connectivity index (χ1v) is 7.46. The standard InChI is InChI=1S/C16H17ClF3NO4/c1-24-8-7-21(10-15(23)25-2)14(22)6-4-11-3-5-13(17)12(9-11)16(18,19)20/h3-6,9H,7-8,10H2,1-2H3. The van der Waals surface area contributed by atoms with Gasteiger partial charge in [-0.25, -0.2) is 0 Å². The summed E-state index contributed by atoms with van der Waals surface area (Å²) in [4.78, 5) is 24.6. The maximum atomic E-state index is 12.8. The molecule has 5 nitrogen and oxygen atoms in total. The third-order valence-electron chi connectivity index (χ3n) is 3.14. The molecule has 1 aromatic rings. The second-order valence-corrected chi connectivity index (χ2v) is 5.31. The number of hydrogen-bond acceptors (Lipinski definition) is 4. The molecule has 0 atom stereocenters. The first kappa shape index (κ1) is 21.0. The van der Waals surface area contributed by atoms with Gasteiger partial charge in [-0.1, -0.05) is 17.7 Å². The van der Waals surface area contributed by atoms with Gasteiger partial charge in [-0.05, 0) is 23.8 Å². The summed E-state index contributed by atoms with van der Waals surface area (Å²) < 4.78 is 47.8. The largest absolute Gasteiger partial charge is 0.468 e. The SMILES string of the molecule is COCCN(CC(=O)OC)C(=O)C=Cc1ccc(Cl)c(C(F)(F)F)c1. The van der Waals surface area contributed by atoms with Gasteiger partial charge in [-0.3, -0.25) is 9.59 Å². The Balaban J connectivity index is 2.93. The normalized spacial score (nSPS) is 11.6. The van der Waals surface area contributed by atoms with Crippen molar-refractivity contribution in [3.63, 3.8) is 0 Å². The minimum atomic E-state index is -4.60. The molecular weight excluding hydrogens is 363 g/mol. The zero-order chi connectivity index (χ0) is 19.0. The summed E-state index contributed by atoms with van der Waals surface area (Å²) in [6, 6.07) is 3.29. The molecule has 25 heavy (non-hydrogen) atoms. The summed E-state index contributed by atoms with van der Waals surface area (Å²) in [5.74, 6) is -1.19. The maximum absolute atomic E-state index is 12.8. The number of esters is 1. The smallest absolute Gasteiger partial charge is 0.417 e. The van der Waals surface area contributed by atoms with Gasteiger partial charge in [0, 0.05) is 19.7 Å². The lowest BCUT2D eigenvalue weighted by atomic mass is 10.1. The van der Waals surface area contributed by atoms with E-state index in [1.807, 2.05) is 0 Å². The van der Waals surface area contributed by atoms with Crippen LogP contribution < -0.4 is 0 Å². The summed E-state index contributed by atoms with van der Waals surface area (Å²) in [5.41, 5.74) is -0.843. The number of ether oxygens (including phenoxy) is 2. The van der Waals surface area contributed by atoms with E-state index in [0.717, 1.165) is 23.1 Å². The number of rotatable bonds is 7. The highest BCUT2D eigenvalue weighted by molar-refractivity contribution is 6.31. The van der Waals surface area contributed by atoms with Crippen LogP contribution in [0.2, 0.25) is 5.02 Å². The molecule has 0 radical (unpaired) electrons. The summed E-state index contributed by atoms with van der Waals surface area (Å²) >= 11 is 5.54. The molecule has 0 heterocycles.